The van der Waals surface area contributed by atoms with E-state index in [0.717, 1.165) is 35.7 Å². The smallest absolute Gasteiger partial charge is 0.261 e. The first-order chi connectivity index (χ1) is 14.4. The van der Waals surface area contributed by atoms with Crippen LogP contribution in [0.5, 0.6) is 5.75 Å². The molecular formula is C23H26BrClN2O3. The molecule has 7 heteroatoms. The number of nitrogens with zero attached hydrogens (tertiary/aromatic N) is 1. The van der Waals surface area contributed by atoms with E-state index in [-0.39, 0.29) is 24.5 Å². The second kappa shape index (κ2) is 10.8. The SMILES string of the molecule is C[C@H](C(=O)NC1CCCC1)N(Cc1ccc(Br)cc1)C(=O)COc1ccccc1Cl. The Bertz CT molecular complexity index is 869. The van der Waals surface area contributed by atoms with E-state index in [1.165, 1.54) is 0 Å². The van der Waals surface area contributed by atoms with Gasteiger partial charge in [-0.2, -0.15) is 0 Å². The number of ether oxygens (including phenoxy) is 1. The number of carbonyl (C=O) groups excluding carboxylic acids is 2. The lowest BCUT2D eigenvalue weighted by Gasteiger charge is -2.29. The number of hydrogen-bond acceptors (Lipinski definition) is 3. The molecule has 2 amide bonds. The minimum Gasteiger partial charge on any atom is -0.482 e. The third-order valence-electron chi connectivity index (χ3n) is 5.32. The molecule has 3 rings (SSSR count). The molecule has 1 aliphatic carbocycles. The van der Waals surface area contributed by atoms with Crippen molar-refractivity contribution >= 4 is 39.3 Å². The maximum Gasteiger partial charge on any atom is 0.261 e. The van der Waals surface area contributed by atoms with Crippen LogP contribution >= 0.6 is 27.5 Å². The summed E-state index contributed by atoms with van der Waals surface area (Å²) < 4.78 is 6.59. The minimum atomic E-state index is -0.614. The number of nitrogens with one attached hydrogen (secondary N) is 1. The molecule has 5 nitrogen and oxygen atoms in total. The molecule has 0 aromatic heterocycles. The first-order valence-electron chi connectivity index (χ1n) is 10.2. The highest BCUT2D eigenvalue weighted by Gasteiger charge is 2.28. The van der Waals surface area contributed by atoms with Crippen LogP contribution < -0.4 is 10.1 Å². The Morgan fingerprint density at radius 1 is 1.17 bits per heavy atom. The lowest BCUT2D eigenvalue weighted by atomic mass is 10.1. The molecule has 1 fully saturated rings. The summed E-state index contributed by atoms with van der Waals surface area (Å²) in [6.07, 6.45) is 4.25. The van der Waals surface area contributed by atoms with Gasteiger partial charge in [0.1, 0.15) is 11.8 Å². The van der Waals surface area contributed by atoms with Gasteiger partial charge in [0, 0.05) is 17.1 Å². The largest absolute Gasteiger partial charge is 0.482 e. The van der Waals surface area contributed by atoms with Crippen LogP contribution in [0.25, 0.3) is 0 Å². The highest BCUT2D eigenvalue weighted by Crippen LogP contribution is 2.23. The van der Waals surface area contributed by atoms with Crippen LogP contribution in [0.2, 0.25) is 5.02 Å². The second-order valence-electron chi connectivity index (χ2n) is 7.53. The molecule has 1 aliphatic rings. The Morgan fingerprint density at radius 2 is 1.83 bits per heavy atom. The summed E-state index contributed by atoms with van der Waals surface area (Å²) in [7, 11) is 0. The molecule has 0 unspecified atom stereocenters. The maximum atomic E-state index is 13.1. The van der Waals surface area contributed by atoms with Crippen LogP contribution in [-0.4, -0.2) is 35.4 Å². The fraction of sp³-hybridized carbons (Fsp3) is 0.391. The summed E-state index contributed by atoms with van der Waals surface area (Å²) in [6, 6.07) is 14.3. The van der Waals surface area contributed by atoms with Crippen molar-refractivity contribution in [3.8, 4) is 5.75 Å². The van der Waals surface area contributed by atoms with Gasteiger partial charge in [-0.25, -0.2) is 0 Å². The Morgan fingerprint density at radius 3 is 2.50 bits per heavy atom. The average Bonchev–Trinajstić information content (AvgIpc) is 3.25. The third-order valence-corrected chi connectivity index (χ3v) is 6.16. The van der Waals surface area contributed by atoms with E-state index in [0.29, 0.717) is 17.3 Å². The van der Waals surface area contributed by atoms with Gasteiger partial charge in [-0.1, -0.05) is 64.6 Å². The van der Waals surface area contributed by atoms with Crippen molar-refractivity contribution in [2.24, 2.45) is 0 Å². The van der Waals surface area contributed by atoms with Gasteiger partial charge in [0.15, 0.2) is 6.61 Å². The summed E-state index contributed by atoms with van der Waals surface area (Å²) in [6.45, 7) is 1.88. The Balaban J connectivity index is 1.71. The topological polar surface area (TPSA) is 58.6 Å². The number of benzene rings is 2. The second-order valence-corrected chi connectivity index (χ2v) is 8.86. The van der Waals surface area contributed by atoms with Gasteiger partial charge in [-0.05, 0) is 49.6 Å². The van der Waals surface area contributed by atoms with Crippen LogP contribution in [0.15, 0.2) is 53.0 Å². The highest BCUT2D eigenvalue weighted by atomic mass is 79.9. The number of hydrogen-bond donors (Lipinski definition) is 1. The van der Waals surface area contributed by atoms with E-state index in [9.17, 15) is 9.59 Å². The number of carbonyl (C=O) groups is 2. The summed E-state index contributed by atoms with van der Waals surface area (Å²) in [5.41, 5.74) is 0.935. The van der Waals surface area contributed by atoms with Gasteiger partial charge in [-0.3, -0.25) is 9.59 Å². The molecule has 0 spiro atoms. The van der Waals surface area contributed by atoms with Crippen LogP contribution in [-0.2, 0) is 16.1 Å². The van der Waals surface area contributed by atoms with Crippen molar-refractivity contribution in [2.45, 2.75) is 51.2 Å². The minimum absolute atomic E-state index is 0.134. The Kier molecular flexibility index (Phi) is 8.16. The predicted molar refractivity (Wildman–Crippen MR) is 121 cm³/mol. The normalized spacial score (nSPS) is 14.9. The van der Waals surface area contributed by atoms with Crippen molar-refractivity contribution in [3.63, 3.8) is 0 Å². The van der Waals surface area contributed by atoms with Gasteiger partial charge in [0.2, 0.25) is 5.91 Å². The zero-order valence-electron chi connectivity index (χ0n) is 16.9. The fourth-order valence-electron chi connectivity index (χ4n) is 3.55. The fourth-order valence-corrected chi connectivity index (χ4v) is 4.00. The first kappa shape index (κ1) is 22.6. The van der Waals surface area contributed by atoms with Crippen molar-refractivity contribution < 1.29 is 14.3 Å². The third kappa shape index (κ3) is 6.22. The number of halogens is 2. The lowest BCUT2D eigenvalue weighted by Crippen LogP contribution is -2.50. The number of amides is 2. The van der Waals surface area contributed by atoms with Crippen LogP contribution in [0.1, 0.15) is 38.2 Å². The van der Waals surface area contributed by atoms with Crippen molar-refractivity contribution in [1.29, 1.82) is 0 Å². The Labute approximate surface area is 190 Å². The molecule has 1 N–H and O–H groups in total. The lowest BCUT2D eigenvalue weighted by molar-refractivity contribution is -0.142. The van der Waals surface area contributed by atoms with Crippen molar-refractivity contribution in [1.82, 2.24) is 10.2 Å². The molecule has 0 bridgehead atoms. The Hall–Kier alpha value is -2.05. The van der Waals surface area contributed by atoms with E-state index >= 15 is 0 Å². The molecule has 0 aliphatic heterocycles. The molecule has 1 atom stereocenters. The van der Waals surface area contributed by atoms with Gasteiger partial charge in [0.05, 0.1) is 5.02 Å². The van der Waals surface area contributed by atoms with Crippen LogP contribution in [0.4, 0.5) is 0 Å². The van der Waals surface area contributed by atoms with Crippen LogP contribution in [0.3, 0.4) is 0 Å². The molecule has 2 aromatic rings. The quantitative estimate of drug-likeness (QED) is 0.566. The first-order valence-corrected chi connectivity index (χ1v) is 11.3. The van der Waals surface area contributed by atoms with Gasteiger partial charge in [0.25, 0.3) is 5.91 Å². The average molecular weight is 494 g/mol. The van der Waals surface area contributed by atoms with Crippen molar-refractivity contribution in [2.75, 3.05) is 6.61 Å². The number of rotatable bonds is 8. The summed E-state index contributed by atoms with van der Waals surface area (Å²) in [5, 5.41) is 3.53. The van der Waals surface area contributed by atoms with E-state index in [4.69, 9.17) is 16.3 Å². The monoisotopic (exact) mass is 492 g/mol. The molecule has 0 heterocycles. The van der Waals surface area contributed by atoms with Gasteiger partial charge < -0.3 is 15.0 Å². The van der Waals surface area contributed by atoms with Gasteiger partial charge >= 0.3 is 0 Å². The van der Waals surface area contributed by atoms with Crippen molar-refractivity contribution in [3.05, 3.63) is 63.6 Å². The molecular weight excluding hydrogens is 468 g/mol. The molecule has 0 radical (unpaired) electrons. The molecule has 2 aromatic carbocycles. The van der Waals surface area contributed by atoms with E-state index in [1.807, 2.05) is 24.3 Å². The molecule has 1 saturated carbocycles. The molecule has 30 heavy (non-hydrogen) atoms. The molecule has 160 valence electrons. The van der Waals surface area contributed by atoms with Gasteiger partial charge in [-0.15, -0.1) is 0 Å². The van der Waals surface area contributed by atoms with E-state index in [1.54, 1.807) is 36.1 Å². The maximum absolute atomic E-state index is 13.1. The highest BCUT2D eigenvalue weighted by molar-refractivity contribution is 9.10. The zero-order chi connectivity index (χ0) is 21.5. The number of para-hydroxylation sites is 1. The molecule has 0 saturated heterocycles. The van der Waals surface area contributed by atoms with E-state index < -0.39 is 6.04 Å². The summed E-state index contributed by atoms with van der Waals surface area (Å²) in [5.74, 6) is 0.0381. The zero-order valence-corrected chi connectivity index (χ0v) is 19.3. The van der Waals surface area contributed by atoms with Crippen LogP contribution in [0, 0.1) is 0 Å². The predicted octanol–water partition coefficient (Wildman–Crippen LogP) is 4.96. The summed E-state index contributed by atoms with van der Waals surface area (Å²) in [4.78, 5) is 27.5. The van der Waals surface area contributed by atoms with E-state index in [2.05, 4.69) is 21.2 Å². The summed E-state index contributed by atoms with van der Waals surface area (Å²) >= 11 is 9.54. The standard InChI is InChI=1S/C23H26BrClN2O3/c1-16(23(29)26-19-6-2-3-7-19)27(14-17-10-12-18(24)13-11-17)22(28)15-30-21-9-5-4-8-20(21)25/h4-5,8-13,16,19H,2-3,6-7,14-15H2,1H3,(H,26,29)/t16-/m1/s1.